The highest BCUT2D eigenvalue weighted by molar-refractivity contribution is 7.92. The molecule has 1 N–H and O–H groups in total. The first-order valence-corrected chi connectivity index (χ1v) is 16.0. The van der Waals surface area contributed by atoms with E-state index in [2.05, 4.69) is 5.32 Å². The first-order chi connectivity index (χ1) is 20.6. The lowest BCUT2D eigenvalue weighted by atomic mass is 10.0. The minimum absolute atomic E-state index is 0.147. The molecule has 4 rings (SSSR count). The third-order valence-corrected chi connectivity index (χ3v) is 9.10. The van der Waals surface area contributed by atoms with Crippen LogP contribution in [0.3, 0.4) is 0 Å². The number of benzene rings is 3. The van der Waals surface area contributed by atoms with Crippen LogP contribution in [0.25, 0.3) is 0 Å². The van der Waals surface area contributed by atoms with E-state index < -0.39 is 40.2 Å². The van der Waals surface area contributed by atoms with E-state index >= 15 is 0 Å². The van der Waals surface area contributed by atoms with Gasteiger partial charge >= 0.3 is 0 Å². The molecule has 0 saturated heterocycles. The average Bonchev–Trinajstić information content (AvgIpc) is 3.02. The normalized spacial score (nSPS) is 14.0. The fraction of sp³-hybridized carbons (Fsp3) is 0.375. The molecule has 1 aliphatic heterocycles. The van der Waals surface area contributed by atoms with Crippen molar-refractivity contribution in [2.24, 2.45) is 0 Å². The zero-order valence-electron chi connectivity index (χ0n) is 24.7. The summed E-state index contributed by atoms with van der Waals surface area (Å²) in [5.74, 6) is -1.04. The van der Waals surface area contributed by atoms with Gasteiger partial charge in [-0.25, -0.2) is 12.8 Å². The molecule has 11 heteroatoms. The summed E-state index contributed by atoms with van der Waals surface area (Å²) in [6, 6.07) is 18.7. The Kier molecular flexibility index (Phi) is 10.6. The molecule has 1 aliphatic rings. The fourth-order valence-corrected chi connectivity index (χ4v) is 5.77. The van der Waals surface area contributed by atoms with Gasteiger partial charge in [-0.15, -0.1) is 0 Å². The maximum Gasteiger partial charge on any atom is 0.244 e. The molecular weight excluding hydrogens is 573 g/mol. The SMILES string of the molecule is CC[C@H](C)NC(=O)[C@H](Cc1ccccc1)N(Cc1ccccc1F)C(=O)CN(c1ccc2c(c1)OCCO2)S(=O)(=O)CC. The number of fused-ring (bicyclic) bond motifs is 1. The van der Waals surface area contributed by atoms with E-state index in [-0.39, 0.29) is 36.0 Å². The number of hydrogen-bond donors (Lipinski definition) is 1. The molecule has 2 amide bonds. The molecule has 0 radical (unpaired) electrons. The van der Waals surface area contributed by atoms with Gasteiger partial charge in [0.05, 0.1) is 11.4 Å². The molecular formula is C32H38FN3O6S. The minimum Gasteiger partial charge on any atom is -0.486 e. The average molecular weight is 612 g/mol. The van der Waals surface area contributed by atoms with E-state index in [0.717, 1.165) is 9.87 Å². The molecule has 3 aromatic rings. The molecule has 0 unspecified atom stereocenters. The third-order valence-electron chi connectivity index (χ3n) is 7.36. The number of halogens is 1. The molecule has 0 aliphatic carbocycles. The summed E-state index contributed by atoms with van der Waals surface area (Å²) >= 11 is 0. The van der Waals surface area contributed by atoms with Crippen molar-refractivity contribution in [1.82, 2.24) is 10.2 Å². The van der Waals surface area contributed by atoms with E-state index in [9.17, 15) is 22.4 Å². The molecule has 0 saturated carbocycles. The molecule has 3 aromatic carbocycles. The standard InChI is InChI=1S/C32H38FN3O6S/c1-4-23(3)34-32(38)28(19-24-11-7-6-8-12-24)35(21-25-13-9-10-14-27(25)33)31(37)22-36(43(39,40)5-2)26-15-16-29-30(20-26)42-18-17-41-29/h6-16,20,23,28H,4-5,17-19,21-22H2,1-3H3,(H,34,38)/t23-,28-/m0/s1. The number of ether oxygens (including phenoxy) is 2. The van der Waals surface area contributed by atoms with Crippen molar-refractivity contribution in [3.05, 3.63) is 89.7 Å². The molecule has 0 aromatic heterocycles. The van der Waals surface area contributed by atoms with Crippen molar-refractivity contribution in [2.45, 2.75) is 52.2 Å². The van der Waals surface area contributed by atoms with Crippen LogP contribution in [-0.4, -0.2) is 62.7 Å². The molecule has 9 nitrogen and oxygen atoms in total. The Balaban J connectivity index is 1.76. The summed E-state index contributed by atoms with van der Waals surface area (Å²) in [6.45, 7) is 5.11. The molecule has 230 valence electrons. The van der Waals surface area contributed by atoms with Gasteiger partial charge in [-0.05, 0) is 44.0 Å². The molecule has 0 fully saturated rings. The zero-order chi connectivity index (χ0) is 31.0. The first kappa shape index (κ1) is 31.8. The van der Waals surface area contributed by atoms with E-state index in [1.54, 1.807) is 30.3 Å². The van der Waals surface area contributed by atoms with Crippen molar-refractivity contribution in [3.8, 4) is 11.5 Å². The Hall–Kier alpha value is -4.12. The number of nitrogens with zero attached hydrogens (tertiary/aromatic N) is 2. The van der Waals surface area contributed by atoms with Gasteiger partial charge in [0.1, 0.15) is 31.6 Å². The number of hydrogen-bond acceptors (Lipinski definition) is 6. The van der Waals surface area contributed by atoms with Crippen LogP contribution >= 0.6 is 0 Å². The van der Waals surface area contributed by atoms with Gasteiger partial charge in [-0.1, -0.05) is 55.5 Å². The highest BCUT2D eigenvalue weighted by atomic mass is 32.2. The summed E-state index contributed by atoms with van der Waals surface area (Å²) in [7, 11) is -3.96. The summed E-state index contributed by atoms with van der Waals surface area (Å²) in [4.78, 5) is 29.3. The number of amides is 2. The van der Waals surface area contributed by atoms with Crippen LogP contribution in [0.2, 0.25) is 0 Å². The second-order valence-electron chi connectivity index (χ2n) is 10.4. The topological polar surface area (TPSA) is 105 Å². The summed E-state index contributed by atoms with van der Waals surface area (Å²) in [5.41, 5.74) is 1.21. The monoisotopic (exact) mass is 611 g/mol. The van der Waals surface area contributed by atoms with Crippen LogP contribution in [0, 0.1) is 5.82 Å². The van der Waals surface area contributed by atoms with E-state index in [4.69, 9.17) is 9.47 Å². The Morgan fingerprint density at radius 1 is 0.953 bits per heavy atom. The van der Waals surface area contributed by atoms with E-state index in [1.807, 2.05) is 44.2 Å². The minimum atomic E-state index is -3.96. The van der Waals surface area contributed by atoms with Crippen molar-refractivity contribution >= 4 is 27.5 Å². The number of anilines is 1. The number of carbonyl (C=O) groups is 2. The lowest BCUT2D eigenvalue weighted by molar-refractivity contribution is -0.140. The Morgan fingerprint density at radius 2 is 1.63 bits per heavy atom. The smallest absolute Gasteiger partial charge is 0.244 e. The Morgan fingerprint density at radius 3 is 2.30 bits per heavy atom. The van der Waals surface area contributed by atoms with E-state index in [0.29, 0.717) is 31.1 Å². The van der Waals surface area contributed by atoms with E-state index in [1.165, 1.54) is 24.0 Å². The zero-order valence-corrected chi connectivity index (χ0v) is 25.5. The number of rotatable bonds is 13. The van der Waals surface area contributed by atoms with Gasteiger partial charge in [0.2, 0.25) is 21.8 Å². The molecule has 2 atom stereocenters. The number of sulfonamides is 1. The molecule has 1 heterocycles. The van der Waals surface area contributed by atoms with Crippen molar-refractivity contribution in [2.75, 3.05) is 29.8 Å². The lowest BCUT2D eigenvalue weighted by Gasteiger charge is -2.34. The predicted molar refractivity (Wildman–Crippen MR) is 163 cm³/mol. The summed E-state index contributed by atoms with van der Waals surface area (Å²) in [5, 5.41) is 2.96. The molecule has 43 heavy (non-hydrogen) atoms. The highest BCUT2D eigenvalue weighted by Gasteiger charge is 2.34. The van der Waals surface area contributed by atoms with Crippen LogP contribution in [0.5, 0.6) is 11.5 Å². The summed E-state index contributed by atoms with van der Waals surface area (Å²) in [6.07, 6.45) is 0.811. The van der Waals surface area contributed by atoms with Gasteiger partial charge in [0.25, 0.3) is 0 Å². The van der Waals surface area contributed by atoms with Gasteiger partial charge in [0.15, 0.2) is 11.5 Å². The van der Waals surface area contributed by atoms with Crippen LogP contribution in [-0.2, 0) is 32.6 Å². The number of carbonyl (C=O) groups excluding carboxylic acids is 2. The maximum atomic E-state index is 14.9. The predicted octanol–water partition coefficient (Wildman–Crippen LogP) is 4.31. The Labute approximate surface area is 252 Å². The molecule has 0 bridgehead atoms. The summed E-state index contributed by atoms with van der Waals surface area (Å²) < 4.78 is 53.9. The van der Waals surface area contributed by atoms with Gasteiger partial charge < -0.3 is 19.7 Å². The number of nitrogens with one attached hydrogen (secondary N) is 1. The van der Waals surface area contributed by atoms with Crippen LogP contribution in [0.1, 0.15) is 38.3 Å². The fourth-order valence-electron chi connectivity index (χ4n) is 4.71. The third kappa shape index (κ3) is 8.04. The van der Waals surface area contributed by atoms with Crippen LogP contribution in [0.4, 0.5) is 10.1 Å². The van der Waals surface area contributed by atoms with Crippen LogP contribution in [0.15, 0.2) is 72.8 Å². The first-order valence-electron chi connectivity index (χ1n) is 14.4. The van der Waals surface area contributed by atoms with Gasteiger partial charge in [-0.2, -0.15) is 0 Å². The second-order valence-corrected chi connectivity index (χ2v) is 12.6. The van der Waals surface area contributed by atoms with Gasteiger partial charge in [0, 0.05) is 30.6 Å². The van der Waals surface area contributed by atoms with Crippen LogP contribution < -0.4 is 19.1 Å². The molecule has 0 spiro atoms. The lowest BCUT2D eigenvalue weighted by Crippen LogP contribution is -2.54. The maximum absolute atomic E-state index is 14.9. The van der Waals surface area contributed by atoms with Crippen molar-refractivity contribution in [1.29, 1.82) is 0 Å². The Bertz CT molecular complexity index is 1520. The van der Waals surface area contributed by atoms with Crippen molar-refractivity contribution in [3.63, 3.8) is 0 Å². The van der Waals surface area contributed by atoms with Gasteiger partial charge in [-0.3, -0.25) is 13.9 Å². The van der Waals surface area contributed by atoms with Crippen molar-refractivity contribution < 1.29 is 31.9 Å². The highest BCUT2D eigenvalue weighted by Crippen LogP contribution is 2.35. The quantitative estimate of drug-likeness (QED) is 0.309. The largest absolute Gasteiger partial charge is 0.486 e. The second kappa shape index (κ2) is 14.4.